The average Bonchev–Trinajstić information content (AvgIpc) is 3.00. The third kappa shape index (κ3) is 3.46. The SMILES string of the molecule is COCc1ccc(C(=O)NNC(=O)c2ccco2)cc1. The molecular formula is C14H14N2O4. The van der Waals surface area contributed by atoms with E-state index in [1.54, 1.807) is 37.4 Å². The van der Waals surface area contributed by atoms with Crippen LogP contribution in [-0.2, 0) is 11.3 Å². The molecule has 2 rings (SSSR count). The Balaban J connectivity index is 1.90. The molecule has 2 amide bonds. The van der Waals surface area contributed by atoms with E-state index < -0.39 is 11.8 Å². The maximum atomic E-state index is 11.8. The van der Waals surface area contributed by atoms with E-state index in [2.05, 4.69) is 10.9 Å². The lowest BCUT2D eigenvalue weighted by atomic mass is 10.1. The quantitative estimate of drug-likeness (QED) is 0.828. The van der Waals surface area contributed by atoms with E-state index in [9.17, 15) is 9.59 Å². The molecule has 104 valence electrons. The molecule has 2 aromatic rings. The van der Waals surface area contributed by atoms with Gasteiger partial charge in [-0.15, -0.1) is 0 Å². The van der Waals surface area contributed by atoms with Gasteiger partial charge in [0.05, 0.1) is 12.9 Å². The molecule has 0 fully saturated rings. The van der Waals surface area contributed by atoms with Gasteiger partial charge in [0, 0.05) is 12.7 Å². The maximum absolute atomic E-state index is 11.8. The third-order valence-corrected chi connectivity index (χ3v) is 2.56. The Hall–Kier alpha value is -2.60. The predicted octanol–water partition coefficient (Wildman–Crippen LogP) is 1.50. The molecule has 0 radical (unpaired) electrons. The van der Waals surface area contributed by atoms with Crippen LogP contribution in [0.2, 0.25) is 0 Å². The zero-order valence-corrected chi connectivity index (χ0v) is 10.9. The highest BCUT2D eigenvalue weighted by molar-refractivity contribution is 5.97. The van der Waals surface area contributed by atoms with E-state index in [1.165, 1.54) is 12.3 Å². The van der Waals surface area contributed by atoms with E-state index >= 15 is 0 Å². The Labute approximate surface area is 115 Å². The Morgan fingerprint density at radius 3 is 2.40 bits per heavy atom. The van der Waals surface area contributed by atoms with E-state index in [4.69, 9.17) is 9.15 Å². The third-order valence-electron chi connectivity index (χ3n) is 2.56. The highest BCUT2D eigenvalue weighted by atomic mass is 16.5. The van der Waals surface area contributed by atoms with Crippen molar-refractivity contribution in [2.45, 2.75) is 6.61 Å². The highest BCUT2D eigenvalue weighted by Crippen LogP contribution is 2.05. The fraction of sp³-hybridized carbons (Fsp3) is 0.143. The Bertz CT molecular complexity index is 576. The van der Waals surface area contributed by atoms with Gasteiger partial charge in [-0.05, 0) is 29.8 Å². The molecule has 6 nitrogen and oxygen atoms in total. The van der Waals surface area contributed by atoms with Gasteiger partial charge in [-0.3, -0.25) is 20.4 Å². The number of ether oxygens (including phenoxy) is 1. The molecule has 2 N–H and O–H groups in total. The normalized spacial score (nSPS) is 10.1. The second kappa shape index (κ2) is 6.53. The summed E-state index contributed by atoms with van der Waals surface area (Å²) in [5.41, 5.74) is 5.97. The molecule has 0 aliphatic rings. The highest BCUT2D eigenvalue weighted by Gasteiger charge is 2.10. The van der Waals surface area contributed by atoms with E-state index in [0.717, 1.165) is 5.56 Å². The minimum Gasteiger partial charge on any atom is -0.459 e. The standard InChI is InChI=1S/C14H14N2O4/c1-19-9-10-4-6-11(7-5-10)13(17)15-16-14(18)12-3-2-8-20-12/h2-8H,9H2,1H3,(H,15,17)(H,16,18). The van der Waals surface area contributed by atoms with Crippen molar-refractivity contribution in [3.63, 3.8) is 0 Å². The minimum absolute atomic E-state index is 0.126. The van der Waals surface area contributed by atoms with Crippen molar-refractivity contribution in [1.29, 1.82) is 0 Å². The van der Waals surface area contributed by atoms with Crippen molar-refractivity contribution in [2.24, 2.45) is 0 Å². The van der Waals surface area contributed by atoms with Crippen LogP contribution in [0.3, 0.4) is 0 Å². The van der Waals surface area contributed by atoms with Gasteiger partial charge < -0.3 is 9.15 Å². The van der Waals surface area contributed by atoms with Gasteiger partial charge in [-0.2, -0.15) is 0 Å². The van der Waals surface area contributed by atoms with Crippen LogP contribution in [0.1, 0.15) is 26.5 Å². The number of nitrogens with one attached hydrogen (secondary N) is 2. The lowest BCUT2D eigenvalue weighted by Gasteiger charge is -2.06. The van der Waals surface area contributed by atoms with Gasteiger partial charge >= 0.3 is 5.91 Å². The largest absolute Gasteiger partial charge is 0.459 e. The lowest BCUT2D eigenvalue weighted by Crippen LogP contribution is -2.41. The van der Waals surface area contributed by atoms with Crippen molar-refractivity contribution >= 4 is 11.8 Å². The Kier molecular flexibility index (Phi) is 4.52. The summed E-state index contributed by atoms with van der Waals surface area (Å²) in [6.07, 6.45) is 1.38. The fourth-order valence-corrected chi connectivity index (χ4v) is 1.57. The molecule has 1 aromatic carbocycles. The van der Waals surface area contributed by atoms with Crippen molar-refractivity contribution in [2.75, 3.05) is 7.11 Å². The molecule has 20 heavy (non-hydrogen) atoms. The molecule has 0 unspecified atom stereocenters. The van der Waals surface area contributed by atoms with Gasteiger partial charge in [-0.1, -0.05) is 12.1 Å². The van der Waals surface area contributed by atoms with E-state index in [-0.39, 0.29) is 5.76 Å². The van der Waals surface area contributed by atoms with Crippen LogP contribution < -0.4 is 10.9 Å². The van der Waals surface area contributed by atoms with Crippen LogP contribution in [-0.4, -0.2) is 18.9 Å². The van der Waals surface area contributed by atoms with Crippen molar-refractivity contribution in [1.82, 2.24) is 10.9 Å². The number of furan rings is 1. The number of rotatable bonds is 4. The number of hydrogen-bond acceptors (Lipinski definition) is 4. The first kappa shape index (κ1) is 13.8. The second-order valence-electron chi connectivity index (χ2n) is 4.02. The van der Waals surface area contributed by atoms with Gasteiger partial charge in [-0.25, -0.2) is 0 Å². The van der Waals surface area contributed by atoms with Crippen LogP contribution in [0.15, 0.2) is 47.1 Å². The zero-order valence-electron chi connectivity index (χ0n) is 10.9. The van der Waals surface area contributed by atoms with Gasteiger partial charge in [0.2, 0.25) is 0 Å². The number of hydrogen-bond donors (Lipinski definition) is 2. The number of methoxy groups -OCH3 is 1. The first-order valence-corrected chi connectivity index (χ1v) is 5.93. The maximum Gasteiger partial charge on any atom is 0.305 e. The smallest absolute Gasteiger partial charge is 0.305 e. The summed E-state index contributed by atoms with van der Waals surface area (Å²) in [4.78, 5) is 23.3. The molecular weight excluding hydrogens is 260 g/mol. The number of benzene rings is 1. The van der Waals surface area contributed by atoms with Gasteiger partial charge in [0.25, 0.3) is 5.91 Å². The average molecular weight is 274 g/mol. The molecule has 0 aliphatic carbocycles. The molecule has 6 heteroatoms. The number of hydrazine groups is 1. The van der Waals surface area contributed by atoms with Gasteiger partial charge in [0.15, 0.2) is 5.76 Å². The van der Waals surface area contributed by atoms with Crippen LogP contribution in [0.25, 0.3) is 0 Å². The van der Waals surface area contributed by atoms with Crippen LogP contribution in [0, 0.1) is 0 Å². The molecule has 0 bridgehead atoms. The van der Waals surface area contributed by atoms with Crippen LogP contribution in [0.5, 0.6) is 0 Å². The summed E-state index contributed by atoms with van der Waals surface area (Å²) in [6, 6.07) is 9.97. The fourth-order valence-electron chi connectivity index (χ4n) is 1.57. The predicted molar refractivity (Wildman–Crippen MR) is 70.8 cm³/mol. The molecule has 0 spiro atoms. The topological polar surface area (TPSA) is 80.6 Å². The summed E-state index contributed by atoms with van der Waals surface area (Å²) < 4.78 is 9.88. The van der Waals surface area contributed by atoms with E-state index in [1.807, 2.05) is 0 Å². The summed E-state index contributed by atoms with van der Waals surface area (Å²) in [6.45, 7) is 0.483. The molecule has 0 atom stereocenters. The molecule has 0 saturated carbocycles. The minimum atomic E-state index is -0.514. The van der Waals surface area contributed by atoms with Crippen LogP contribution >= 0.6 is 0 Å². The number of carbonyl (C=O) groups is 2. The molecule has 0 aliphatic heterocycles. The molecule has 1 heterocycles. The van der Waals surface area contributed by atoms with E-state index in [0.29, 0.717) is 12.2 Å². The Morgan fingerprint density at radius 2 is 1.80 bits per heavy atom. The summed E-state index contributed by atoms with van der Waals surface area (Å²) in [5.74, 6) is -0.797. The molecule has 0 saturated heterocycles. The first-order valence-electron chi connectivity index (χ1n) is 5.93. The van der Waals surface area contributed by atoms with Gasteiger partial charge in [0.1, 0.15) is 0 Å². The van der Waals surface area contributed by atoms with Crippen LogP contribution in [0.4, 0.5) is 0 Å². The summed E-state index contributed by atoms with van der Waals surface area (Å²) in [7, 11) is 1.60. The van der Waals surface area contributed by atoms with Crippen molar-refractivity contribution < 1.29 is 18.7 Å². The first-order chi connectivity index (χ1) is 9.70. The monoisotopic (exact) mass is 274 g/mol. The summed E-state index contributed by atoms with van der Waals surface area (Å²) in [5, 5.41) is 0. The second-order valence-corrected chi connectivity index (χ2v) is 4.02. The lowest BCUT2D eigenvalue weighted by molar-refractivity contribution is 0.0831. The Morgan fingerprint density at radius 1 is 1.10 bits per heavy atom. The summed E-state index contributed by atoms with van der Waals surface area (Å²) >= 11 is 0. The molecule has 1 aromatic heterocycles. The van der Waals surface area contributed by atoms with Crippen molar-refractivity contribution in [3.8, 4) is 0 Å². The number of carbonyl (C=O) groups excluding carboxylic acids is 2. The zero-order chi connectivity index (χ0) is 14.4. The van der Waals surface area contributed by atoms with Crippen molar-refractivity contribution in [3.05, 3.63) is 59.5 Å². The number of amides is 2.